The minimum Gasteiger partial charge on any atom is -0.507 e. The van der Waals surface area contributed by atoms with E-state index in [4.69, 9.17) is 4.74 Å². The van der Waals surface area contributed by atoms with Crippen LogP contribution in [0.25, 0.3) is 0 Å². The number of benzene rings is 1. The zero-order valence-corrected chi connectivity index (χ0v) is 21.3. The summed E-state index contributed by atoms with van der Waals surface area (Å²) in [5, 5.41) is 16.3. The van der Waals surface area contributed by atoms with Crippen molar-refractivity contribution >= 4 is 17.9 Å². The molecule has 0 aromatic heterocycles. The molecule has 0 saturated carbocycles. The normalized spacial score (nSPS) is 14.1. The molecule has 3 N–H and O–H groups in total. The van der Waals surface area contributed by atoms with Crippen LogP contribution in [-0.4, -0.2) is 52.1 Å². The van der Waals surface area contributed by atoms with Crippen molar-refractivity contribution in [1.29, 1.82) is 0 Å². The number of carbonyl (C=O) groups is 3. The Hall–Kier alpha value is -2.77. The maximum Gasteiger partial charge on any atom is 0.408 e. The Morgan fingerprint density at radius 2 is 1.73 bits per heavy atom. The minimum absolute atomic E-state index is 0.0255. The van der Waals surface area contributed by atoms with Crippen LogP contribution < -0.4 is 10.6 Å². The zero-order valence-electron chi connectivity index (χ0n) is 21.3. The van der Waals surface area contributed by atoms with Crippen molar-refractivity contribution in [1.82, 2.24) is 15.5 Å². The Morgan fingerprint density at radius 3 is 2.27 bits per heavy atom. The van der Waals surface area contributed by atoms with Gasteiger partial charge >= 0.3 is 6.09 Å². The standard InChI is InChI=1S/C25H41N3O5/c1-9-12-17(4)26-22(30)20(19-14-11-13-16(3)21(19)29)28(15-10-2)23(31)18(5)27-24(32)33-25(6,7)8/h11,13-14,17-18,20,29H,9-10,12,15H2,1-8H3,(H,26,30)(H,27,32). The fraction of sp³-hybridized carbons (Fsp3) is 0.640. The Labute approximate surface area is 198 Å². The summed E-state index contributed by atoms with van der Waals surface area (Å²) < 4.78 is 5.27. The third kappa shape index (κ3) is 8.59. The van der Waals surface area contributed by atoms with Gasteiger partial charge in [0.05, 0.1) is 0 Å². The summed E-state index contributed by atoms with van der Waals surface area (Å²) >= 11 is 0. The second-order valence-corrected chi connectivity index (χ2v) is 9.51. The van der Waals surface area contributed by atoms with E-state index in [0.717, 1.165) is 12.8 Å². The highest BCUT2D eigenvalue weighted by molar-refractivity contribution is 5.92. The maximum absolute atomic E-state index is 13.5. The first-order valence-electron chi connectivity index (χ1n) is 11.7. The van der Waals surface area contributed by atoms with E-state index in [1.807, 2.05) is 20.8 Å². The number of rotatable bonds is 10. The first-order chi connectivity index (χ1) is 15.3. The molecular weight excluding hydrogens is 422 g/mol. The van der Waals surface area contributed by atoms with Gasteiger partial charge in [-0.15, -0.1) is 0 Å². The van der Waals surface area contributed by atoms with E-state index in [1.165, 1.54) is 4.90 Å². The third-order valence-corrected chi connectivity index (χ3v) is 5.09. The quantitative estimate of drug-likeness (QED) is 0.482. The molecule has 0 fully saturated rings. The number of alkyl carbamates (subject to hydrolysis) is 1. The molecule has 0 aliphatic heterocycles. The molecule has 0 spiro atoms. The summed E-state index contributed by atoms with van der Waals surface area (Å²) in [6.45, 7) is 14.6. The van der Waals surface area contributed by atoms with E-state index in [-0.39, 0.29) is 24.2 Å². The van der Waals surface area contributed by atoms with Crippen molar-refractivity contribution in [2.75, 3.05) is 6.54 Å². The van der Waals surface area contributed by atoms with Crippen molar-refractivity contribution in [3.05, 3.63) is 29.3 Å². The first kappa shape index (κ1) is 28.3. The van der Waals surface area contributed by atoms with Gasteiger partial charge in [-0.25, -0.2) is 4.79 Å². The van der Waals surface area contributed by atoms with Crippen LogP contribution in [0, 0.1) is 6.92 Å². The summed E-state index contributed by atoms with van der Waals surface area (Å²) in [6.07, 6.45) is 1.56. The number of carbonyl (C=O) groups excluding carboxylic acids is 3. The number of phenolic OH excluding ortho intramolecular Hbond substituents is 1. The van der Waals surface area contributed by atoms with Crippen molar-refractivity contribution in [2.45, 2.75) is 98.4 Å². The van der Waals surface area contributed by atoms with Gasteiger partial charge in [0.25, 0.3) is 0 Å². The summed E-state index contributed by atoms with van der Waals surface area (Å²) in [4.78, 5) is 40.5. The molecule has 33 heavy (non-hydrogen) atoms. The molecule has 3 atom stereocenters. The molecule has 0 heterocycles. The molecule has 0 saturated heterocycles. The topological polar surface area (TPSA) is 108 Å². The third-order valence-electron chi connectivity index (χ3n) is 5.09. The number of nitrogens with one attached hydrogen (secondary N) is 2. The van der Waals surface area contributed by atoms with Gasteiger partial charge in [-0.05, 0) is 59.9 Å². The van der Waals surface area contributed by atoms with Gasteiger partial charge in [0.15, 0.2) is 0 Å². The number of aromatic hydroxyl groups is 1. The highest BCUT2D eigenvalue weighted by atomic mass is 16.6. The van der Waals surface area contributed by atoms with Crippen LogP contribution in [0.3, 0.4) is 0 Å². The number of amides is 3. The maximum atomic E-state index is 13.5. The monoisotopic (exact) mass is 463 g/mol. The Kier molecular flexibility index (Phi) is 10.7. The van der Waals surface area contributed by atoms with Gasteiger partial charge in [0.2, 0.25) is 11.8 Å². The first-order valence-corrected chi connectivity index (χ1v) is 11.7. The lowest BCUT2D eigenvalue weighted by Crippen LogP contribution is -2.52. The second kappa shape index (κ2) is 12.5. The minimum atomic E-state index is -1.04. The lowest BCUT2D eigenvalue weighted by molar-refractivity contribution is -0.142. The molecular formula is C25H41N3O5. The summed E-state index contributed by atoms with van der Waals surface area (Å²) in [5.74, 6) is -0.836. The summed E-state index contributed by atoms with van der Waals surface area (Å²) in [5.41, 5.74) is 0.249. The number of aryl methyl sites for hydroxylation is 1. The van der Waals surface area contributed by atoms with Gasteiger partial charge in [-0.2, -0.15) is 0 Å². The smallest absolute Gasteiger partial charge is 0.408 e. The van der Waals surface area contributed by atoms with Crippen molar-refractivity contribution in [2.24, 2.45) is 0 Å². The molecule has 8 nitrogen and oxygen atoms in total. The summed E-state index contributed by atoms with van der Waals surface area (Å²) in [6, 6.07) is 3.08. The number of ether oxygens (including phenoxy) is 1. The van der Waals surface area contributed by atoms with E-state index >= 15 is 0 Å². The Bertz CT molecular complexity index is 819. The highest BCUT2D eigenvalue weighted by Crippen LogP contribution is 2.32. The average Bonchev–Trinajstić information content (AvgIpc) is 2.68. The van der Waals surface area contributed by atoms with Crippen LogP contribution in [0.2, 0.25) is 0 Å². The van der Waals surface area contributed by atoms with Crippen LogP contribution in [0.15, 0.2) is 18.2 Å². The number of hydrogen-bond acceptors (Lipinski definition) is 5. The molecule has 8 heteroatoms. The van der Waals surface area contributed by atoms with Crippen molar-refractivity contribution in [3.63, 3.8) is 0 Å². The molecule has 3 unspecified atom stereocenters. The van der Waals surface area contributed by atoms with Gasteiger partial charge in [0.1, 0.15) is 23.4 Å². The molecule has 0 aliphatic carbocycles. The predicted molar refractivity (Wildman–Crippen MR) is 129 cm³/mol. The summed E-state index contributed by atoms with van der Waals surface area (Å²) in [7, 11) is 0. The SMILES string of the molecule is CCCC(C)NC(=O)C(c1cccc(C)c1O)N(CCC)C(=O)C(C)NC(=O)OC(C)(C)C. The molecule has 3 amide bonds. The second-order valence-electron chi connectivity index (χ2n) is 9.51. The van der Waals surface area contributed by atoms with Crippen LogP contribution in [0.1, 0.15) is 84.9 Å². The Morgan fingerprint density at radius 1 is 1.09 bits per heavy atom. The molecule has 0 bridgehead atoms. The van der Waals surface area contributed by atoms with Gasteiger partial charge in [0, 0.05) is 18.2 Å². The largest absolute Gasteiger partial charge is 0.507 e. The molecule has 1 aromatic rings. The molecule has 1 rings (SSSR count). The van der Waals surface area contributed by atoms with E-state index in [9.17, 15) is 19.5 Å². The van der Waals surface area contributed by atoms with Crippen molar-refractivity contribution in [3.8, 4) is 5.75 Å². The van der Waals surface area contributed by atoms with Gasteiger partial charge in [-0.1, -0.05) is 38.5 Å². The lowest BCUT2D eigenvalue weighted by Gasteiger charge is -2.34. The average molecular weight is 464 g/mol. The zero-order chi connectivity index (χ0) is 25.3. The highest BCUT2D eigenvalue weighted by Gasteiger charge is 2.36. The van der Waals surface area contributed by atoms with Crippen LogP contribution in [0.4, 0.5) is 4.79 Å². The molecule has 0 aliphatic rings. The fourth-order valence-electron chi connectivity index (χ4n) is 3.58. The van der Waals surface area contributed by atoms with Crippen LogP contribution in [-0.2, 0) is 14.3 Å². The van der Waals surface area contributed by atoms with Crippen molar-refractivity contribution < 1.29 is 24.2 Å². The predicted octanol–water partition coefficient (Wildman–Crippen LogP) is 4.20. The van der Waals surface area contributed by atoms with E-state index in [0.29, 0.717) is 17.5 Å². The fourth-order valence-corrected chi connectivity index (χ4v) is 3.58. The Balaban J connectivity index is 3.34. The van der Waals surface area contributed by atoms with Gasteiger partial charge < -0.3 is 25.4 Å². The van der Waals surface area contributed by atoms with E-state index < -0.39 is 29.7 Å². The molecule has 0 radical (unpaired) electrons. The van der Waals surface area contributed by atoms with E-state index in [2.05, 4.69) is 10.6 Å². The van der Waals surface area contributed by atoms with E-state index in [1.54, 1.807) is 52.8 Å². The molecule has 186 valence electrons. The number of hydrogen-bond donors (Lipinski definition) is 3. The lowest BCUT2D eigenvalue weighted by atomic mass is 9.98. The van der Waals surface area contributed by atoms with Crippen LogP contribution in [0.5, 0.6) is 5.75 Å². The van der Waals surface area contributed by atoms with Crippen LogP contribution >= 0.6 is 0 Å². The number of phenols is 1. The number of para-hydroxylation sites is 1. The number of nitrogens with zero attached hydrogens (tertiary/aromatic N) is 1. The van der Waals surface area contributed by atoms with Gasteiger partial charge in [-0.3, -0.25) is 9.59 Å². The molecule has 1 aromatic carbocycles.